The smallest absolute Gasteiger partial charge is 0.287 e. The van der Waals surface area contributed by atoms with Gasteiger partial charge in [-0.15, -0.1) is 0 Å². The number of hydrogen-bond donors (Lipinski definition) is 1. The zero-order chi connectivity index (χ0) is 15.5. The summed E-state index contributed by atoms with van der Waals surface area (Å²) < 4.78 is 18.3. The van der Waals surface area contributed by atoms with Crippen LogP contribution >= 0.6 is 0 Å². The Hall–Kier alpha value is -2.30. The highest BCUT2D eigenvalue weighted by Gasteiger charge is 2.23. The average Bonchev–Trinajstić information content (AvgIpc) is 3.02. The number of nitrogens with zero attached hydrogens (tertiary/aromatic N) is 1. The Morgan fingerprint density at radius 2 is 2.27 bits per heavy atom. The SMILES string of the molecule is Cc1cc(F)ccc1N1CCCC(NC(=O)c2ccco2)C1. The maximum Gasteiger partial charge on any atom is 0.287 e. The van der Waals surface area contributed by atoms with Crippen LogP contribution in [-0.2, 0) is 0 Å². The molecule has 116 valence electrons. The second-order valence-electron chi connectivity index (χ2n) is 5.67. The minimum absolute atomic E-state index is 0.0656. The maximum atomic E-state index is 13.2. The molecule has 1 unspecified atom stereocenters. The summed E-state index contributed by atoms with van der Waals surface area (Å²) >= 11 is 0. The number of rotatable bonds is 3. The second-order valence-corrected chi connectivity index (χ2v) is 5.67. The lowest BCUT2D eigenvalue weighted by molar-refractivity contribution is 0.0905. The number of hydrogen-bond acceptors (Lipinski definition) is 3. The normalized spacial score (nSPS) is 18.3. The number of carbonyl (C=O) groups is 1. The summed E-state index contributed by atoms with van der Waals surface area (Å²) in [5, 5.41) is 3.00. The van der Waals surface area contributed by atoms with Gasteiger partial charge in [-0.1, -0.05) is 0 Å². The standard InChI is InChI=1S/C17H19FN2O2/c1-12-10-13(18)6-7-15(12)20-8-2-4-14(11-20)19-17(21)16-5-3-9-22-16/h3,5-7,9-10,14H,2,4,8,11H2,1H3,(H,19,21). The molecular formula is C17H19FN2O2. The second kappa shape index (κ2) is 6.22. The lowest BCUT2D eigenvalue weighted by Gasteiger charge is -2.35. The van der Waals surface area contributed by atoms with E-state index in [1.807, 2.05) is 6.92 Å². The molecule has 1 fully saturated rings. The predicted octanol–water partition coefficient (Wildman–Crippen LogP) is 3.13. The predicted molar refractivity (Wildman–Crippen MR) is 82.5 cm³/mol. The largest absolute Gasteiger partial charge is 0.459 e. The molecule has 1 aliphatic rings. The molecule has 1 aromatic carbocycles. The quantitative estimate of drug-likeness (QED) is 0.947. The van der Waals surface area contributed by atoms with Crippen molar-refractivity contribution in [2.24, 2.45) is 0 Å². The van der Waals surface area contributed by atoms with E-state index in [-0.39, 0.29) is 17.8 Å². The molecule has 1 amide bonds. The molecule has 1 aliphatic heterocycles. The van der Waals surface area contributed by atoms with Crippen LogP contribution in [0.5, 0.6) is 0 Å². The first-order valence-electron chi connectivity index (χ1n) is 7.49. The van der Waals surface area contributed by atoms with Crippen molar-refractivity contribution in [2.45, 2.75) is 25.8 Å². The minimum Gasteiger partial charge on any atom is -0.459 e. The molecule has 0 bridgehead atoms. The number of piperidine rings is 1. The van der Waals surface area contributed by atoms with E-state index in [1.54, 1.807) is 24.3 Å². The van der Waals surface area contributed by atoms with Gasteiger partial charge >= 0.3 is 0 Å². The molecule has 2 aromatic rings. The van der Waals surface area contributed by atoms with Crippen LogP contribution in [0.1, 0.15) is 29.0 Å². The van der Waals surface area contributed by atoms with Gasteiger partial charge in [0.1, 0.15) is 5.82 Å². The van der Waals surface area contributed by atoms with Crippen molar-refractivity contribution in [3.05, 3.63) is 53.7 Å². The highest BCUT2D eigenvalue weighted by atomic mass is 19.1. The fourth-order valence-electron chi connectivity index (χ4n) is 2.95. The fraction of sp³-hybridized carbons (Fsp3) is 0.353. The third-order valence-corrected chi connectivity index (χ3v) is 4.00. The third kappa shape index (κ3) is 3.13. The molecular weight excluding hydrogens is 283 g/mol. The molecule has 0 radical (unpaired) electrons. The van der Waals surface area contributed by atoms with Crippen molar-refractivity contribution in [1.82, 2.24) is 5.32 Å². The molecule has 22 heavy (non-hydrogen) atoms. The maximum absolute atomic E-state index is 13.2. The number of nitrogens with one attached hydrogen (secondary N) is 1. The number of furan rings is 1. The van der Waals surface area contributed by atoms with Crippen LogP contribution in [0.3, 0.4) is 0 Å². The summed E-state index contributed by atoms with van der Waals surface area (Å²) in [7, 11) is 0. The topological polar surface area (TPSA) is 45.5 Å². The Balaban J connectivity index is 1.67. The summed E-state index contributed by atoms with van der Waals surface area (Å²) in [5.74, 6) is -0.0799. The van der Waals surface area contributed by atoms with Crippen LogP contribution < -0.4 is 10.2 Å². The summed E-state index contributed by atoms with van der Waals surface area (Å²) in [4.78, 5) is 14.3. The third-order valence-electron chi connectivity index (χ3n) is 4.00. The zero-order valence-corrected chi connectivity index (χ0v) is 12.5. The van der Waals surface area contributed by atoms with Gasteiger partial charge < -0.3 is 14.6 Å². The molecule has 0 saturated carbocycles. The number of aryl methyl sites for hydroxylation is 1. The van der Waals surface area contributed by atoms with Gasteiger partial charge in [-0.3, -0.25) is 4.79 Å². The van der Waals surface area contributed by atoms with E-state index >= 15 is 0 Å². The molecule has 1 N–H and O–H groups in total. The number of anilines is 1. The lowest BCUT2D eigenvalue weighted by Crippen LogP contribution is -2.48. The first-order chi connectivity index (χ1) is 10.6. The van der Waals surface area contributed by atoms with Gasteiger partial charge in [0.2, 0.25) is 0 Å². The first kappa shape index (κ1) is 14.6. The monoisotopic (exact) mass is 302 g/mol. The van der Waals surface area contributed by atoms with Crippen LogP contribution in [0.15, 0.2) is 41.0 Å². The van der Waals surface area contributed by atoms with Crippen molar-refractivity contribution in [3.63, 3.8) is 0 Å². The number of halogens is 1. The molecule has 3 rings (SSSR count). The molecule has 2 heterocycles. The Labute approximate surface area is 128 Å². The highest BCUT2D eigenvalue weighted by molar-refractivity contribution is 5.91. The van der Waals surface area contributed by atoms with Crippen LogP contribution in [0, 0.1) is 12.7 Å². The van der Waals surface area contributed by atoms with Gasteiger partial charge in [0.05, 0.1) is 6.26 Å². The van der Waals surface area contributed by atoms with Crippen molar-refractivity contribution in [2.75, 3.05) is 18.0 Å². The number of benzene rings is 1. The Kier molecular flexibility index (Phi) is 4.13. The van der Waals surface area contributed by atoms with E-state index in [0.717, 1.165) is 37.2 Å². The van der Waals surface area contributed by atoms with Gasteiger partial charge in [0.25, 0.3) is 5.91 Å². The van der Waals surface area contributed by atoms with E-state index in [9.17, 15) is 9.18 Å². The van der Waals surface area contributed by atoms with Crippen LogP contribution in [-0.4, -0.2) is 25.0 Å². The van der Waals surface area contributed by atoms with E-state index in [0.29, 0.717) is 5.76 Å². The van der Waals surface area contributed by atoms with Gasteiger partial charge in [-0.05, 0) is 55.7 Å². The molecule has 5 heteroatoms. The van der Waals surface area contributed by atoms with E-state index < -0.39 is 0 Å². The van der Waals surface area contributed by atoms with Gasteiger partial charge in [0.15, 0.2) is 5.76 Å². The van der Waals surface area contributed by atoms with Crippen molar-refractivity contribution < 1.29 is 13.6 Å². The van der Waals surface area contributed by atoms with Crippen LogP contribution in [0.2, 0.25) is 0 Å². The summed E-state index contributed by atoms with van der Waals surface area (Å²) in [5.41, 5.74) is 1.94. The average molecular weight is 302 g/mol. The van der Waals surface area contributed by atoms with E-state index in [1.165, 1.54) is 12.3 Å². The minimum atomic E-state index is -0.221. The molecule has 4 nitrogen and oxygen atoms in total. The zero-order valence-electron chi connectivity index (χ0n) is 12.5. The lowest BCUT2D eigenvalue weighted by atomic mass is 10.0. The van der Waals surface area contributed by atoms with Gasteiger partial charge in [-0.25, -0.2) is 4.39 Å². The van der Waals surface area contributed by atoms with Crippen LogP contribution in [0.25, 0.3) is 0 Å². The first-order valence-corrected chi connectivity index (χ1v) is 7.49. The molecule has 0 spiro atoms. The highest BCUT2D eigenvalue weighted by Crippen LogP contribution is 2.24. The molecule has 0 aliphatic carbocycles. The Morgan fingerprint density at radius 3 is 3.00 bits per heavy atom. The van der Waals surface area contributed by atoms with Crippen molar-refractivity contribution >= 4 is 11.6 Å². The Morgan fingerprint density at radius 1 is 1.41 bits per heavy atom. The summed E-state index contributed by atoms with van der Waals surface area (Å²) in [6.07, 6.45) is 3.41. The number of amides is 1. The summed E-state index contributed by atoms with van der Waals surface area (Å²) in [6, 6.07) is 8.25. The fourth-order valence-corrected chi connectivity index (χ4v) is 2.95. The number of carbonyl (C=O) groups excluding carboxylic acids is 1. The van der Waals surface area contributed by atoms with E-state index in [4.69, 9.17) is 4.42 Å². The molecule has 1 aromatic heterocycles. The summed E-state index contributed by atoms with van der Waals surface area (Å²) in [6.45, 7) is 3.54. The van der Waals surface area contributed by atoms with E-state index in [2.05, 4.69) is 10.2 Å². The Bertz CT molecular complexity index is 655. The molecule has 1 saturated heterocycles. The van der Waals surface area contributed by atoms with Crippen molar-refractivity contribution in [1.29, 1.82) is 0 Å². The van der Waals surface area contributed by atoms with Gasteiger partial charge in [-0.2, -0.15) is 0 Å². The van der Waals surface area contributed by atoms with Crippen LogP contribution in [0.4, 0.5) is 10.1 Å². The molecule has 1 atom stereocenters. The van der Waals surface area contributed by atoms with Crippen molar-refractivity contribution in [3.8, 4) is 0 Å². The van der Waals surface area contributed by atoms with Gasteiger partial charge in [0, 0.05) is 24.8 Å².